The van der Waals surface area contributed by atoms with Gasteiger partial charge in [0.15, 0.2) is 15.6 Å². The first-order valence-electron chi connectivity index (χ1n) is 7.03. The number of benzene rings is 1. The van der Waals surface area contributed by atoms with Crippen LogP contribution in [0.4, 0.5) is 0 Å². The van der Waals surface area contributed by atoms with Crippen molar-refractivity contribution in [2.75, 3.05) is 12.4 Å². The number of carbonyl (C=O) groups is 1. The number of ether oxygens (including phenoxy) is 2. The van der Waals surface area contributed by atoms with Crippen LogP contribution in [0.25, 0.3) is 0 Å². The maximum absolute atomic E-state index is 12.3. The van der Waals surface area contributed by atoms with Crippen LogP contribution < -0.4 is 0 Å². The Morgan fingerprint density at radius 3 is 2.45 bits per heavy atom. The van der Waals surface area contributed by atoms with Gasteiger partial charge in [0.2, 0.25) is 0 Å². The van der Waals surface area contributed by atoms with Crippen molar-refractivity contribution in [2.24, 2.45) is 0 Å². The van der Waals surface area contributed by atoms with E-state index >= 15 is 0 Å². The van der Waals surface area contributed by atoms with Gasteiger partial charge in [-0.2, -0.15) is 0 Å². The lowest BCUT2D eigenvalue weighted by Crippen LogP contribution is -2.23. The summed E-state index contributed by atoms with van der Waals surface area (Å²) in [6.45, 7) is 3.98. The standard InChI is InChI=1S/C15H20O6S/c1-15(2)20-10-12(21-15)7-8-22(18,19)13-5-3-11(4-6-13)9-14(16)17/h3-6,12H,7-10H2,1-2H3,(H,16,17)/t12-/m0/s1. The molecule has 0 amide bonds. The predicted octanol–water partition coefficient (Wildman–Crippen LogP) is 1.63. The second-order valence-corrected chi connectivity index (χ2v) is 7.88. The highest BCUT2D eigenvalue weighted by Gasteiger charge is 2.33. The van der Waals surface area contributed by atoms with Crippen LogP contribution in [0, 0.1) is 0 Å². The smallest absolute Gasteiger partial charge is 0.307 e. The number of rotatable bonds is 6. The van der Waals surface area contributed by atoms with Crippen molar-refractivity contribution >= 4 is 15.8 Å². The molecule has 1 aliphatic heterocycles. The summed E-state index contributed by atoms with van der Waals surface area (Å²) in [4.78, 5) is 10.8. The second kappa shape index (κ2) is 6.36. The van der Waals surface area contributed by atoms with Crippen molar-refractivity contribution in [1.29, 1.82) is 0 Å². The minimum Gasteiger partial charge on any atom is -0.481 e. The van der Waals surface area contributed by atoms with Gasteiger partial charge in [0.1, 0.15) is 0 Å². The molecule has 1 fully saturated rings. The summed E-state index contributed by atoms with van der Waals surface area (Å²) in [6.07, 6.45) is 0.0155. The highest BCUT2D eigenvalue weighted by Crippen LogP contribution is 2.25. The molecule has 0 saturated carbocycles. The van der Waals surface area contributed by atoms with Gasteiger partial charge in [-0.15, -0.1) is 0 Å². The molecule has 1 heterocycles. The van der Waals surface area contributed by atoms with Crippen LogP contribution in [0.3, 0.4) is 0 Å². The molecule has 0 unspecified atom stereocenters. The van der Waals surface area contributed by atoms with Crippen LogP contribution in [0.1, 0.15) is 25.8 Å². The molecule has 22 heavy (non-hydrogen) atoms. The Hall–Kier alpha value is -1.44. The van der Waals surface area contributed by atoms with Gasteiger partial charge in [-0.1, -0.05) is 12.1 Å². The monoisotopic (exact) mass is 328 g/mol. The van der Waals surface area contributed by atoms with Crippen LogP contribution >= 0.6 is 0 Å². The molecule has 1 N–H and O–H groups in total. The molecule has 1 aromatic carbocycles. The van der Waals surface area contributed by atoms with Crippen molar-refractivity contribution < 1.29 is 27.8 Å². The van der Waals surface area contributed by atoms with Crippen LogP contribution in [0.15, 0.2) is 29.2 Å². The molecule has 6 nitrogen and oxygen atoms in total. The molecule has 122 valence electrons. The lowest BCUT2D eigenvalue weighted by atomic mass is 10.2. The molecule has 1 aliphatic rings. The van der Waals surface area contributed by atoms with E-state index < -0.39 is 21.6 Å². The molecule has 0 bridgehead atoms. The molecule has 1 saturated heterocycles. The van der Waals surface area contributed by atoms with Gasteiger partial charge in [0, 0.05) is 0 Å². The van der Waals surface area contributed by atoms with Gasteiger partial charge in [-0.3, -0.25) is 4.79 Å². The first-order valence-corrected chi connectivity index (χ1v) is 8.68. The van der Waals surface area contributed by atoms with E-state index in [1.165, 1.54) is 24.3 Å². The Morgan fingerprint density at radius 1 is 1.32 bits per heavy atom. The molecular formula is C15H20O6S. The lowest BCUT2D eigenvalue weighted by Gasteiger charge is -2.17. The Kier molecular flexibility index (Phi) is 4.89. The summed E-state index contributed by atoms with van der Waals surface area (Å²) < 4.78 is 35.5. The van der Waals surface area contributed by atoms with Crippen molar-refractivity contribution in [2.45, 2.75) is 43.5 Å². The number of carboxylic acids is 1. The fraction of sp³-hybridized carbons (Fsp3) is 0.533. The summed E-state index contributed by atoms with van der Waals surface area (Å²) in [6, 6.07) is 5.95. The van der Waals surface area contributed by atoms with Crippen molar-refractivity contribution in [1.82, 2.24) is 0 Å². The number of aliphatic carboxylic acids is 1. The molecule has 1 atom stereocenters. The van der Waals surface area contributed by atoms with E-state index in [1.807, 2.05) is 0 Å². The maximum atomic E-state index is 12.3. The molecule has 0 aliphatic carbocycles. The highest BCUT2D eigenvalue weighted by molar-refractivity contribution is 7.91. The SMILES string of the molecule is CC1(C)OC[C@H](CCS(=O)(=O)c2ccc(CC(=O)O)cc2)O1. The lowest BCUT2D eigenvalue weighted by molar-refractivity contribution is -0.138. The van der Waals surface area contributed by atoms with E-state index in [0.29, 0.717) is 18.6 Å². The molecule has 1 aromatic rings. The van der Waals surface area contributed by atoms with Gasteiger partial charge in [0.05, 0.1) is 29.8 Å². The fourth-order valence-electron chi connectivity index (χ4n) is 2.30. The molecule has 0 spiro atoms. The minimum absolute atomic E-state index is 0.0324. The molecule has 0 radical (unpaired) electrons. The maximum Gasteiger partial charge on any atom is 0.307 e. The summed E-state index contributed by atoms with van der Waals surface area (Å²) >= 11 is 0. The van der Waals surface area contributed by atoms with Gasteiger partial charge in [0.25, 0.3) is 0 Å². The van der Waals surface area contributed by atoms with E-state index in [0.717, 1.165) is 0 Å². The van der Waals surface area contributed by atoms with Gasteiger partial charge < -0.3 is 14.6 Å². The van der Waals surface area contributed by atoms with Crippen LogP contribution in [0.5, 0.6) is 0 Å². The van der Waals surface area contributed by atoms with Gasteiger partial charge in [-0.05, 0) is 38.0 Å². The molecule has 7 heteroatoms. The highest BCUT2D eigenvalue weighted by atomic mass is 32.2. The van der Waals surface area contributed by atoms with E-state index in [-0.39, 0.29) is 23.2 Å². The summed E-state index contributed by atoms with van der Waals surface area (Å²) in [7, 11) is -3.41. The van der Waals surface area contributed by atoms with Crippen molar-refractivity contribution in [3.63, 3.8) is 0 Å². The Bertz CT molecular complexity index is 633. The summed E-state index contributed by atoms with van der Waals surface area (Å²) in [5.74, 6) is -1.64. The topological polar surface area (TPSA) is 89.9 Å². The third-order valence-corrected chi connectivity index (χ3v) is 5.18. The first-order chi connectivity index (χ1) is 10.2. The largest absolute Gasteiger partial charge is 0.481 e. The van der Waals surface area contributed by atoms with E-state index in [2.05, 4.69) is 0 Å². The second-order valence-electron chi connectivity index (χ2n) is 5.77. The zero-order valence-electron chi connectivity index (χ0n) is 12.6. The van der Waals surface area contributed by atoms with Crippen molar-refractivity contribution in [3.8, 4) is 0 Å². The number of carboxylic acid groups (broad SMARTS) is 1. The quantitative estimate of drug-likeness (QED) is 0.853. The normalized spacial score (nSPS) is 20.9. The average molecular weight is 328 g/mol. The van der Waals surface area contributed by atoms with Crippen molar-refractivity contribution in [3.05, 3.63) is 29.8 Å². The van der Waals surface area contributed by atoms with Crippen LogP contribution in [-0.2, 0) is 30.5 Å². The number of hydrogen-bond acceptors (Lipinski definition) is 5. The average Bonchev–Trinajstić information content (AvgIpc) is 2.76. The van der Waals surface area contributed by atoms with E-state index in [1.54, 1.807) is 13.8 Å². The zero-order chi connectivity index (χ0) is 16.4. The molecular weight excluding hydrogens is 308 g/mol. The molecule has 0 aromatic heterocycles. The number of hydrogen-bond donors (Lipinski definition) is 1. The number of sulfone groups is 1. The Balaban J connectivity index is 1.97. The Labute approximate surface area is 130 Å². The fourth-order valence-corrected chi connectivity index (χ4v) is 3.66. The van der Waals surface area contributed by atoms with Gasteiger partial charge in [-0.25, -0.2) is 8.42 Å². The third-order valence-electron chi connectivity index (χ3n) is 3.41. The van der Waals surface area contributed by atoms with Crippen LogP contribution in [0.2, 0.25) is 0 Å². The first kappa shape index (κ1) is 16.9. The predicted molar refractivity (Wildman–Crippen MR) is 79.4 cm³/mol. The minimum atomic E-state index is -3.41. The van der Waals surface area contributed by atoms with Crippen LogP contribution in [-0.4, -0.2) is 43.7 Å². The van der Waals surface area contributed by atoms with E-state index in [9.17, 15) is 13.2 Å². The Morgan fingerprint density at radius 2 is 1.95 bits per heavy atom. The zero-order valence-corrected chi connectivity index (χ0v) is 13.4. The summed E-state index contributed by atoms with van der Waals surface area (Å²) in [5.41, 5.74) is 0.570. The third kappa shape index (κ3) is 4.53. The van der Waals surface area contributed by atoms with Gasteiger partial charge >= 0.3 is 5.97 Å². The molecule has 2 rings (SSSR count). The van der Waals surface area contributed by atoms with E-state index in [4.69, 9.17) is 14.6 Å². The summed E-state index contributed by atoms with van der Waals surface area (Å²) in [5, 5.41) is 8.70.